The van der Waals surface area contributed by atoms with Gasteiger partial charge in [-0.15, -0.1) is 11.3 Å². The fourth-order valence-electron chi connectivity index (χ4n) is 4.03. The Kier molecular flexibility index (Phi) is 5.22. The second-order valence-electron chi connectivity index (χ2n) is 7.64. The summed E-state index contributed by atoms with van der Waals surface area (Å²) in [6.45, 7) is 2.05. The zero-order valence-corrected chi connectivity index (χ0v) is 17.8. The van der Waals surface area contributed by atoms with Gasteiger partial charge < -0.3 is 10.2 Å². The summed E-state index contributed by atoms with van der Waals surface area (Å²) in [5, 5.41) is 4.90. The third-order valence-corrected chi connectivity index (χ3v) is 6.51. The normalized spacial score (nSPS) is 16.4. The van der Waals surface area contributed by atoms with Crippen LogP contribution in [-0.2, 0) is 9.59 Å². The van der Waals surface area contributed by atoms with Gasteiger partial charge in [-0.2, -0.15) is 0 Å². The molecule has 1 N–H and O–H groups in total. The minimum Gasteiger partial charge on any atom is -0.372 e. The first-order valence-electron chi connectivity index (χ1n) is 10.3. The van der Waals surface area contributed by atoms with E-state index in [1.54, 1.807) is 12.1 Å². The minimum absolute atomic E-state index is 0.0193. The molecule has 162 valence electrons. The summed E-state index contributed by atoms with van der Waals surface area (Å²) in [4.78, 5) is 30.3. The number of hydrogen-bond donors (Lipinski definition) is 1. The molecule has 2 aliphatic heterocycles. The lowest BCUT2D eigenvalue weighted by atomic mass is 10.1. The number of nitrogens with zero attached hydrogens (tertiary/aromatic N) is 2. The molecule has 1 aromatic heterocycles. The predicted molar refractivity (Wildman–Crippen MR) is 122 cm³/mol. The molecule has 8 heteroatoms. The maximum absolute atomic E-state index is 13.8. The molecule has 3 aromatic rings. The van der Waals surface area contributed by atoms with Crippen LogP contribution in [0.5, 0.6) is 0 Å². The van der Waals surface area contributed by atoms with Crippen molar-refractivity contribution in [3.63, 3.8) is 0 Å². The van der Waals surface area contributed by atoms with E-state index in [-0.39, 0.29) is 17.0 Å². The average molecular weight is 451 g/mol. The highest BCUT2D eigenvalue weighted by molar-refractivity contribution is 7.11. The third kappa shape index (κ3) is 3.56. The van der Waals surface area contributed by atoms with Crippen LogP contribution in [0.3, 0.4) is 0 Å². The van der Waals surface area contributed by atoms with Crippen molar-refractivity contribution < 1.29 is 18.4 Å². The molecule has 0 spiro atoms. The summed E-state index contributed by atoms with van der Waals surface area (Å²) in [5.74, 6) is -3.37. The zero-order valence-electron chi connectivity index (χ0n) is 17.0. The van der Waals surface area contributed by atoms with E-state index in [0.29, 0.717) is 10.6 Å². The highest BCUT2D eigenvalue weighted by Gasteiger charge is 2.41. The number of benzene rings is 2. The van der Waals surface area contributed by atoms with Crippen molar-refractivity contribution in [2.24, 2.45) is 0 Å². The van der Waals surface area contributed by atoms with Crippen molar-refractivity contribution in [1.82, 2.24) is 0 Å². The van der Waals surface area contributed by atoms with Crippen LogP contribution >= 0.6 is 11.3 Å². The molecule has 2 aromatic carbocycles. The Labute approximate surface area is 187 Å². The summed E-state index contributed by atoms with van der Waals surface area (Å²) >= 11 is 1.32. The van der Waals surface area contributed by atoms with Crippen LogP contribution in [-0.4, -0.2) is 24.9 Å². The maximum Gasteiger partial charge on any atom is 0.282 e. The van der Waals surface area contributed by atoms with Crippen LogP contribution in [0.4, 0.5) is 25.8 Å². The first kappa shape index (κ1) is 20.4. The van der Waals surface area contributed by atoms with Crippen LogP contribution in [0, 0.1) is 11.6 Å². The number of nitrogens with one attached hydrogen (secondary N) is 1. The molecule has 5 nitrogen and oxygen atoms in total. The number of carbonyl (C=O) groups is 2. The molecule has 0 bridgehead atoms. The zero-order chi connectivity index (χ0) is 22.2. The Morgan fingerprint density at radius 3 is 2.22 bits per heavy atom. The molecule has 3 heterocycles. The van der Waals surface area contributed by atoms with E-state index in [1.807, 2.05) is 29.6 Å². The van der Waals surface area contributed by atoms with Crippen LogP contribution in [0.1, 0.15) is 17.7 Å². The van der Waals surface area contributed by atoms with Gasteiger partial charge in [-0.05, 0) is 60.7 Å². The van der Waals surface area contributed by atoms with Gasteiger partial charge in [-0.25, -0.2) is 13.7 Å². The molecule has 2 amide bonds. The SMILES string of the molecule is O=C1C(Nc2ccc(N3CCCC3)cc2)=C(c2cccs2)C(=O)N1c1ccc(F)c(F)c1. The van der Waals surface area contributed by atoms with Gasteiger partial charge in [0.1, 0.15) is 5.70 Å². The highest BCUT2D eigenvalue weighted by atomic mass is 32.1. The molecule has 0 aliphatic carbocycles. The number of amides is 2. The molecule has 2 aliphatic rings. The Morgan fingerprint density at radius 1 is 0.844 bits per heavy atom. The number of carbonyl (C=O) groups excluding carboxylic acids is 2. The number of thiophene rings is 1. The average Bonchev–Trinajstić information content (AvgIpc) is 3.54. The summed E-state index contributed by atoms with van der Waals surface area (Å²) in [6, 6.07) is 14.2. The molecule has 0 atom stereocenters. The van der Waals surface area contributed by atoms with E-state index in [9.17, 15) is 18.4 Å². The Balaban J connectivity index is 1.49. The van der Waals surface area contributed by atoms with Gasteiger partial charge in [-0.1, -0.05) is 6.07 Å². The quantitative estimate of drug-likeness (QED) is 0.554. The first-order valence-corrected chi connectivity index (χ1v) is 11.1. The van der Waals surface area contributed by atoms with Gasteiger partial charge in [0.25, 0.3) is 11.8 Å². The summed E-state index contributed by atoms with van der Waals surface area (Å²) in [6.07, 6.45) is 2.35. The number of anilines is 3. The Hall–Kier alpha value is -3.52. The number of halogens is 2. The van der Waals surface area contributed by atoms with Gasteiger partial charge in [-0.3, -0.25) is 9.59 Å². The first-order chi connectivity index (χ1) is 15.5. The molecule has 0 radical (unpaired) electrons. The lowest BCUT2D eigenvalue weighted by Gasteiger charge is -2.18. The number of hydrogen-bond acceptors (Lipinski definition) is 5. The van der Waals surface area contributed by atoms with Gasteiger partial charge in [0.05, 0.1) is 11.3 Å². The lowest BCUT2D eigenvalue weighted by molar-refractivity contribution is -0.120. The molecule has 0 unspecified atom stereocenters. The molecule has 0 saturated carbocycles. The Morgan fingerprint density at radius 2 is 1.56 bits per heavy atom. The second kappa shape index (κ2) is 8.20. The summed E-state index contributed by atoms with van der Waals surface area (Å²) in [7, 11) is 0. The Bertz CT molecular complexity index is 1220. The van der Waals surface area contributed by atoms with Crippen LogP contribution in [0.2, 0.25) is 0 Å². The third-order valence-electron chi connectivity index (χ3n) is 5.62. The fraction of sp³-hybridized carbons (Fsp3) is 0.167. The van der Waals surface area contributed by atoms with E-state index in [1.165, 1.54) is 30.2 Å². The second-order valence-corrected chi connectivity index (χ2v) is 8.59. The van der Waals surface area contributed by atoms with Crippen molar-refractivity contribution in [2.75, 3.05) is 28.2 Å². The topological polar surface area (TPSA) is 52.7 Å². The largest absolute Gasteiger partial charge is 0.372 e. The van der Waals surface area contributed by atoms with Crippen molar-refractivity contribution >= 4 is 45.8 Å². The van der Waals surface area contributed by atoms with Crippen molar-refractivity contribution in [3.8, 4) is 0 Å². The lowest BCUT2D eigenvalue weighted by Crippen LogP contribution is -2.32. The smallest absolute Gasteiger partial charge is 0.282 e. The van der Waals surface area contributed by atoms with E-state index in [2.05, 4.69) is 10.2 Å². The molecule has 32 heavy (non-hydrogen) atoms. The monoisotopic (exact) mass is 451 g/mol. The minimum atomic E-state index is -1.13. The maximum atomic E-state index is 13.8. The van der Waals surface area contributed by atoms with E-state index < -0.39 is 23.4 Å². The van der Waals surface area contributed by atoms with Gasteiger partial charge in [0.15, 0.2) is 11.6 Å². The summed E-state index contributed by atoms with van der Waals surface area (Å²) < 4.78 is 27.2. The van der Waals surface area contributed by atoms with Crippen molar-refractivity contribution in [3.05, 3.63) is 82.2 Å². The molecular weight excluding hydrogens is 432 g/mol. The van der Waals surface area contributed by atoms with Gasteiger partial charge in [0.2, 0.25) is 0 Å². The van der Waals surface area contributed by atoms with E-state index in [0.717, 1.165) is 35.8 Å². The number of rotatable bonds is 5. The van der Waals surface area contributed by atoms with Crippen molar-refractivity contribution in [1.29, 1.82) is 0 Å². The van der Waals surface area contributed by atoms with Crippen LogP contribution in [0.25, 0.3) is 5.57 Å². The predicted octanol–water partition coefficient (Wildman–Crippen LogP) is 5.02. The molecule has 1 fully saturated rings. The van der Waals surface area contributed by atoms with Gasteiger partial charge >= 0.3 is 0 Å². The molecular formula is C24H19F2N3O2S. The molecule has 5 rings (SSSR count). The highest BCUT2D eigenvalue weighted by Crippen LogP contribution is 2.36. The van der Waals surface area contributed by atoms with E-state index >= 15 is 0 Å². The summed E-state index contributed by atoms with van der Waals surface area (Å²) in [5.41, 5.74) is 2.06. The standard InChI is InChI=1S/C24H19F2N3O2S/c25-18-10-9-17(14-19(18)26)29-23(30)21(20-4-3-13-32-20)22(24(29)31)27-15-5-7-16(8-6-15)28-11-1-2-12-28/h3-10,13-14,27H,1-2,11-12H2. The fourth-order valence-corrected chi connectivity index (χ4v) is 4.80. The van der Waals surface area contributed by atoms with Crippen molar-refractivity contribution in [2.45, 2.75) is 12.8 Å². The van der Waals surface area contributed by atoms with Gasteiger partial charge in [0, 0.05) is 35.4 Å². The van der Waals surface area contributed by atoms with Crippen LogP contribution < -0.4 is 15.1 Å². The molecule has 1 saturated heterocycles. The van der Waals surface area contributed by atoms with Crippen LogP contribution in [0.15, 0.2) is 65.7 Å². The number of imide groups is 1. The van der Waals surface area contributed by atoms with E-state index in [4.69, 9.17) is 0 Å².